The number of anilines is 1. The Morgan fingerprint density at radius 2 is 1.81 bits per heavy atom. The van der Waals surface area contributed by atoms with Crippen LogP contribution in [0.3, 0.4) is 0 Å². The fourth-order valence-electron chi connectivity index (χ4n) is 3.10. The zero-order valence-corrected chi connectivity index (χ0v) is 16.6. The normalized spacial score (nSPS) is 15.0. The molecular formula is C20H26N4O2S. The number of benzene rings is 1. The minimum Gasteiger partial charge on any atom is -0.336 e. The van der Waals surface area contributed by atoms with Crippen LogP contribution in [0.4, 0.5) is 10.5 Å². The molecule has 2 aromatic rings. The van der Waals surface area contributed by atoms with Gasteiger partial charge in [-0.3, -0.25) is 9.69 Å². The Balaban J connectivity index is 1.60. The number of hydrogen-bond acceptors (Lipinski definition) is 4. The van der Waals surface area contributed by atoms with E-state index < -0.39 is 0 Å². The molecule has 2 heterocycles. The Hall–Kier alpha value is -2.38. The Bertz CT molecular complexity index is 768. The van der Waals surface area contributed by atoms with Gasteiger partial charge in [0.2, 0.25) is 0 Å². The Morgan fingerprint density at radius 1 is 1.07 bits per heavy atom. The van der Waals surface area contributed by atoms with Crippen LogP contribution in [0.1, 0.15) is 29.1 Å². The highest BCUT2D eigenvalue weighted by Gasteiger charge is 2.24. The van der Waals surface area contributed by atoms with E-state index in [1.807, 2.05) is 30.9 Å². The van der Waals surface area contributed by atoms with Crippen LogP contribution in [0.15, 0.2) is 41.8 Å². The van der Waals surface area contributed by atoms with Gasteiger partial charge in [-0.05, 0) is 37.4 Å². The fraction of sp³-hybridized carbons (Fsp3) is 0.400. The van der Waals surface area contributed by atoms with E-state index in [4.69, 9.17) is 0 Å². The summed E-state index contributed by atoms with van der Waals surface area (Å²) in [5.74, 6) is -0.0359. The molecule has 0 aliphatic carbocycles. The highest BCUT2D eigenvalue weighted by molar-refractivity contribution is 7.09. The summed E-state index contributed by atoms with van der Waals surface area (Å²) >= 11 is 1.76. The molecule has 3 amide bonds. The molecule has 0 bridgehead atoms. The summed E-state index contributed by atoms with van der Waals surface area (Å²) in [6.45, 7) is 7.82. The van der Waals surface area contributed by atoms with Crippen molar-refractivity contribution < 1.29 is 9.59 Å². The minimum atomic E-state index is -0.300. The van der Waals surface area contributed by atoms with Crippen LogP contribution >= 0.6 is 11.3 Å². The molecule has 1 aromatic heterocycles. The van der Waals surface area contributed by atoms with Crippen molar-refractivity contribution in [3.63, 3.8) is 0 Å². The minimum absolute atomic E-state index is 0.0317. The number of nitrogens with one attached hydrogen (secondary N) is 2. The highest BCUT2D eigenvalue weighted by Crippen LogP contribution is 2.19. The predicted octanol–water partition coefficient (Wildman–Crippen LogP) is 3.24. The number of thiophene rings is 1. The highest BCUT2D eigenvalue weighted by atomic mass is 32.1. The summed E-state index contributed by atoms with van der Waals surface area (Å²) < 4.78 is 0. The van der Waals surface area contributed by atoms with Crippen molar-refractivity contribution in [3.05, 3.63) is 52.2 Å². The van der Waals surface area contributed by atoms with Gasteiger partial charge < -0.3 is 15.5 Å². The number of rotatable bonds is 5. The van der Waals surface area contributed by atoms with Crippen molar-refractivity contribution in [2.75, 3.05) is 31.5 Å². The molecule has 1 saturated heterocycles. The molecule has 0 spiro atoms. The van der Waals surface area contributed by atoms with Crippen LogP contribution in [-0.2, 0) is 6.54 Å². The van der Waals surface area contributed by atoms with Gasteiger partial charge in [-0.15, -0.1) is 11.3 Å². The summed E-state index contributed by atoms with van der Waals surface area (Å²) in [6, 6.07) is 11.1. The molecule has 0 unspecified atom stereocenters. The van der Waals surface area contributed by atoms with Crippen LogP contribution < -0.4 is 10.6 Å². The number of carbonyl (C=O) groups is 2. The second-order valence-electron chi connectivity index (χ2n) is 6.95. The van der Waals surface area contributed by atoms with E-state index >= 15 is 0 Å². The van der Waals surface area contributed by atoms with Crippen LogP contribution in [0.5, 0.6) is 0 Å². The van der Waals surface area contributed by atoms with Crippen molar-refractivity contribution in [1.82, 2.24) is 15.1 Å². The third-order valence-corrected chi connectivity index (χ3v) is 5.31. The zero-order valence-electron chi connectivity index (χ0n) is 15.8. The number of nitrogens with zero attached hydrogens (tertiary/aromatic N) is 2. The molecule has 1 fully saturated rings. The van der Waals surface area contributed by atoms with Crippen molar-refractivity contribution in [3.8, 4) is 0 Å². The standard InChI is InChI=1S/C20H26N4O2S/c1-15(2)21-20(26)22-18-8-4-3-7-17(18)19(25)24-11-9-23(10-12-24)14-16-6-5-13-27-16/h3-8,13,15H,9-12,14H2,1-2H3,(H2,21,22,26). The lowest BCUT2D eigenvalue weighted by atomic mass is 10.1. The van der Waals surface area contributed by atoms with Gasteiger partial charge in [0.15, 0.2) is 0 Å². The molecule has 0 radical (unpaired) electrons. The molecule has 1 aliphatic heterocycles. The fourth-order valence-corrected chi connectivity index (χ4v) is 3.85. The topological polar surface area (TPSA) is 64.7 Å². The first-order chi connectivity index (χ1) is 13.0. The van der Waals surface area contributed by atoms with E-state index in [0.29, 0.717) is 24.3 Å². The van der Waals surface area contributed by atoms with E-state index in [-0.39, 0.29) is 18.0 Å². The van der Waals surface area contributed by atoms with Crippen LogP contribution in [0.2, 0.25) is 0 Å². The van der Waals surface area contributed by atoms with Gasteiger partial charge in [0.05, 0.1) is 11.3 Å². The molecular weight excluding hydrogens is 360 g/mol. The van der Waals surface area contributed by atoms with Gasteiger partial charge in [-0.2, -0.15) is 0 Å². The van der Waals surface area contributed by atoms with Gasteiger partial charge in [0.1, 0.15) is 0 Å². The van der Waals surface area contributed by atoms with E-state index in [0.717, 1.165) is 19.6 Å². The van der Waals surface area contributed by atoms with Gasteiger partial charge in [0, 0.05) is 43.6 Å². The third kappa shape index (κ3) is 5.30. The Labute approximate surface area is 164 Å². The molecule has 1 aliphatic rings. The molecule has 6 nitrogen and oxygen atoms in total. The third-order valence-electron chi connectivity index (χ3n) is 4.44. The van der Waals surface area contributed by atoms with E-state index in [2.05, 4.69) is 33.0 Å². The monoisotopic (exact) mass is 386 g/mol. The van der Waals surface area contributed by atoms with Crippen LogP contribution in [-0.4, -0.2) is 54.0 Å². The molecule has 1 aromatic carbocycles. The maximum absolute atomic E-state index is 13.0. The smallest absolute Gasteiger partial charge is 0.319 e. The molecule has 0 atom stereocenters. The lowest BCUT2D eigenvalue weighted by molar-refractivity contribution is 0.0630. The van der Waals surface area contributed by atoms with Crippen molar-refractivity contribution in [1.29, 1.82) is 0 Å². The largest absolute Gasteiger partial charge is 0.336 e. The number of piperazine rings is 1. The summed E-state index contributed by atoms with van der Waals surface area (Å²) in [7, 11) is 0. The lowest BCUT2D eigenvalue weighted by Gasteiger charge is -2.34. The second kappa shape index (κ2) is 9.01. The number of amides is 3. The second-order valence-corrected chi connectivity index (χ2v) is 7.98. The number of carbonyl (C=O) groups excluding carboxylic acids is 2. The number of hydrogen-bond donors (Lipinski definition) is 2. The average molecular weight is 387 g/mol. The maximum atomic E-state index is 13.0. The van der Waals surface area contributed by atoms with E-state index in [9.17, 15) is 9.59 Å². The molecule has 3 rings (SSSR count). The average Bonchev–Trinajstić information content (AvgIpc) is 3.14. The summed E-state index contributed by atoms with van der Waals surface area (Å²) in [5.41, 5.74) is 1.07. The molecule has 144 valence electrons. The van der Waals surface area contributed by atoms with Gasteiger partial charge in [-0.1, -0.05) is 18.2 Å². The molecule has 2 N–H and O–H groups in total. The van der Waals surface area contributed by atoms with Crippen LogP contribution in [0.25, 0.3) is 0 Å². The van der Waals surface area contributed by atoms with Gasteiger partial charge in [0.25, 0.3) is 5.91 Å². The first-order valence-electron chi connectivity index (χ1n) is 9.23. The zero-order chi connectivity index (χ0) is 19.2. The summed E-state index contributed by atoms with van der Waals surface area (Å²) in [4.78, 5) is 30.6. The summed E-state index contributed by atoms with van der Waals surface area (Å²) in [6.07, 6.45) is 0. The lowest BCUT2D eigenvalue weighted by Crippen LogP contribution is -2.48. The van der Waals surface area contributed by atoms with Crippen molar-refractivity contribution in [2.24, 2.45) is 0 Å². The quantitative estimate of drug-likeness (QED) is 0.829. The van der Waals surface area contributed by atoms with Crippen LogP contribution in [0, 0.1) is 0 Å². The Morgan fingerprint density at radius 3 is 2.48 bits per heavy atom. The first kappa shape index (κ1) is 19.4. The van der Waals surface area contributed by atoms with Crippen molar-refractivity contribution in [2.45, 2.75) is 26.4 Å². The van der Waals surface area contributed by atoms with Gasteiger partial charge in [-0.25, -0.2) is 4.79 Å². The molecule has 0 saturated carbocycles. The Kier molecular flexibility index (Phi) is 6.47. The van der Waals surface area contributed by atoms with Crippen molar-refractivity contribution >= 4 is 29.0 Å². The molecule has 27 heavy (non-hydrogen) atoms. The maximum Gasteiger partial charge on any atom is 0.319 e. The number of para-hydroxylation sites is 1. The van der Waals surface area contributed by atoms with Gasteiger partial charge >= 0.3 is 6.03 Å². The van der Waals surface area contributed by atoms with E-state index in [1.54, 1.807) is 23.5 Å². The first-order valence-corrected chi connectivity index (χ1v) is 10.1. The molecule has 7 heteroatoms. The number of urea groups is 1. The van der Waals surface area contributed by atoms with E-state index in [1.165, 1.54) is 4.88 Å². The summed E-state index contributed by atoms with van der Waals surface area (Å²) in [5, 5.41) is 7.67. The predicted molar refractivity (Wildman–Crippen MR) is 109 cm³/mol. The SMILES string of the molecule is CC(C)NC(=O)Nc1ccccc1C(=O)N1CCN(Cc2cccs2)CC1.